The zero-order valence-corrected chi connectivity index (χ0v) is 15.7. The van der Waals surface area contributed by atoms with Gasteiger partial charge in [0.25, 0.3) is 0 Å². The van der Waals surface area contributed by atoms with Crippen LogP contribution in [0.15, 0.2) is 72.8 Å². The van der Waals surface area contributed by atoms with Crippen molar-refractivity contribution >= 4 is 11.8 Å². The van der Waals surface area contributed by atoms with E-state index in [0.717, 1.165) is 37.3 Å². The number of nitrogens with one attached hydrogen (secondary N) is 1. The molecule has 0 radical (unpaired) electrons. The van der Waals surface area contributed by atoms with Crippen LogP contribution in [0.2, 0.25) is 0 Å². The van der Waals surface area contributed by atoms with E-state index in [1.165, 1.54) is 33.7 Å². The maximum atomic E-state index is 13.2. The molecule has 2 aliphatic rings. The van der Waals surface area contributed by atoms with Crippen molar-refractivity contribution < 1.29 is 4.39 Å². The van der Waals surface area contributed by atoms with E-state index in [0.29, 0.717) is 5.92 Å². The van der Waals surface area contributed by atoms with Gasteiger partial charge in [0.1, 0.15) is 5.82 Å². The van der Waals surface area contributed by atoms with Crippen LogP contribution in [0.4, 0.5) is 4.39 Å². The van der Waals surface area contributed by atoms with Gasteiger partial charge < -0.3 is 5.32 Å². The number of nitrogens with zero attached hydrogens (tertiary/aromatic N) is 1. The molecule has 3 heteroatoms. The summed E-state index contributed by atoms with van der Waals surface area (Å²) in [5, 5.41) is 6.08. The summed E-state index contributed by atoms with van der Waals surface area (Å²) >= 11 is 0. The van der Waals surface area contributed by atoms with Gasteiger partial charge in [0.2, 0.25) is 0 Å². The topological polar surface area (TPSA) is 15.3 Å². The summed E-state index contributed by atoms with van der Waals surface area (Å²) in [5.74, 6) is 0.340. The standard InChI is InChI=1S/C25H23FN2/c26-23-9-6-19(7-10-23)20-8-11-24-21(12-20)13-27-14-22-16-28(17-25(22)24)15-18-4-2-1-3-5-18/h1-13,22,27H,14-17H2. The Hall–Kier alpha value is -2.91. The summed E-state index contributed by atoms with van der Waals surface area (Å²) < 4.78 is 13.2. The van der Waals surface area contributed by atoms with Gasteiger partial charge in [-0.15, -0.1) is 0 Å². The first kappa shape index (κ1) is 17.2. The van der Waals surface area contributed by atoms with Crippen LogP contribution in [-0.2, 0) is 6.54 Å². The number of benzene rings is 3. The van der Waals surface area contributed by atoms with E-state index < -0.39 is 0 Å². The molecule has 0 bridgehead atoms. The third kappa shape index (κ3) is 3.34. The summed E-state index contributed by atoms with van der Waals surface area (Å²) in [4.78, 5) is 2.54. The van der Waals surface area contributed by atoms with Gasteiger partial charge in [-0.1, -0.05) is 54.6 Å². The van der Waals surface area contributed by atoms with Crippen LogP contribution >= 0.6 is 0 Å². The Morgan fingerprint density at radius 1 is 0.929 bits per heavy atom. The van der Waals surface area contributed by atoms with E-state index in [-0.39, 0.29) is 5.82 Å². The fourth-order valence-electron chi connectivity index (χ4n) is 4.42. The largest absolute Gasteiger partial charge is 0.390 e. The molecular formula is C25H23FN2. The van der Waals surface area contributed by atoms with Gasteiger partial charge in [0.15, 0.2) is 0 Å². The predicted octanol–water partition coefficient (Wildman–Crippen LogP) is 3.12. The Morgan fingerprint density at radius 2 is 1.71 bits per heavy atom. The number of hydrogen-bond donors (Lipinski definition) is 1. The molecule has 1 saturated heterocycles. The van der Waals surface area contributed by atoms with Gasteiger partial charge in [-0.05, 0) is 50.9 Å². The van der Waals surface area contributed by atoms with Crippen molar-refractivity contribution in [1.82, 2.24) is 10.2 Å². The molecule has 0 saturated carbocycles. The van der Waals surface area contributed by atoms with E-state index in [1.54, 1.807) is 0 Å². The zero-order valence-electron chi connectivity index (χ0n) is 15.7. The normalized spacial score (nSPS) is 18.6. The van der Waals surface area contributed by atoms with Crippen molar-refractivity contribution in [3.05, 3.63) is 94.6 Å². The SMILES string of the molecule is Fc1ccc(-c2ccc3c(c2)=CNCC2CN(Cc4ccccc4)CC=32)cc1. The van der Waals surface area contributed by atoms with Crippen LogP contribution in [0.25, 0.3) is 22.9 Å². The first-order chi connectivity index (χ1) is 13.8. The lowest BCUT2D eigenvalue weighted by Crippen LogP contribution is -2.29. The first-order valence-electron chi connectivity index (χ1n) is 9.85. The minimum atomic E-state index is -0.199. The Labute approximate surface area is 164 Å². The Kier molecular flexibility index (Phi) is 4.46. The number of rotatable bonds is 3. The average molecular weight is 370 g/mol. The first-order valence-corrected chi connectivity index (χ1v) is 9.85. The third-order valence-electron chi connectivity index (χ3n) is 5.81. The fourth-order valence-corrected chi connectivity index (χ4v) is 4.42. The molecule has 2 heterocycles. The molecule has 2 nitrogen and oxygen atoms in total. The molecule has 0 aliphatic carbocycles. The number of likely N-dealkylation sites (tertiary alicyclic amines) is 1. The monoisotopic (exact) mass is 370 g/mol. The van der Waals surface area contributed by atoms with Crippen LogP contribution < -0.4 is 15.8 Å². The van der Waals surface area contributed by atoms with Crippen LogP contribution in [0.5, 0.6) is 0 Å². The average Bonchev–Trinajstić information content (AvgIpc) is 3.03. The van der Waals surface area contributed by atoms with Gasteiger partial charge in [0.05, 0.1) is 0 Å². The molecule has 3 aromatic rings. The molecule has 28 heavy (non-hydrogen) atoms. The van der Waals surface area contributed by atoms with E-state index in [1.807, 2.05) is 12.1 Å². The van der Waals surface area contributed by atoms with Gasteiger partial charge in [0, 0.05) is 38.3 Å². The van der Waals surface area contributed by atoms with E-state index in [2.05, 4.69) is 64.9 Å². The molecule has 1 unspecified atom stereocenters. The molecule has 5 rings (SSSR count). The molecule has 0 aromatic heterocycles. The molecule has 3 aromatic carbocycles. The number of fused-ring (bicyclic) bond motifs is 2. The maximum Gasteiger partial charge on any atom is 0.123 e. The van der Waals surface area contributed by atoms with Crippen molar-refractivity contribution in [1.29, 1.82) is 0 Å². The lowest BCUT2D eigenvalue weighted by molar-refractivity contribution is 0.317. The number of hydrogen-bond acceptors (Lipinski definition) is 2. The lowest BCUT2D eigenvalue weighted by Gasteiger charge is -2.15. The zero-order chi connectivity index (χ0) is 18.9. The van der Waals surface area contributed by atoms with Gasteiger partial charge in [-0.25, -0.2) is 4.39 Å². The quantitative estimate of drug-likeness (QED) is 0.762. The van der Waals surface area contributed by atoms with Crippen LogP contribution in [-0.4, -0.2) is 24.5 Å². The molecule has 1 fully saturated rings. The summed E-state index contributed by atoms with van der Waals surface area (Å²) in [6.07, 6.45) is 2.13. The van der Waals surface area contributed by atoms with Crippen LogP contribution in [0.3, 0.4) is 0 Å². The Morgan fingerprint density at radius 3 is 2.54 bits per heavy atom. The second-order valence-electron chi connectivity index (χ2n) is 7.74. The molecule has 0 spiro atoms. The van der Waals surface area contributed by atoms with Gasteiger partial charge in [-0.2, -0.15) is 0 Å². The van der Waals surface area contributed by atoms with Crippen molar-refractivity contribution in [2.45, 2.75) is 6.54 Å². The van der Waals surface area contributed by atoms with Crippen molar-refractivity contribution in [3.8, 4) is 11.1 Å². The summed E-state index contributed by atoms with van der Waals surface area (Å²) in [5.41, 5.74) is 5.05. The minimum Gasteiger partial charge on any atom is -0.390 e. The number of halogens is 1. The molecular weight excluding hydrogens is 347 g/mol. The highest BCUT2D eigenvalue weighted by Gasteiger charge is 2.28. The van der Waals surface area contributed by atoms with E-state index in [9.17, 15) is 4.39 Å². The second-order valence-corrected chi connectivity index (χ2v) is 7.74. The highest BCUT2D eigenvalue weighted by atomic mass is 19.1. The highest BCUT2D eigenvalue weighted by Crippen LogP contribution is 2.25. The minimum absolute atomic E-state index is 0.199. The lowest BCUT2D eigenvalue weighted by atomic mass is 9.98. The molecule has 1 atom stereocenters. The highest BCUT2D eigenvalue weighted by molar-refractivity contribution is 5.65. The summed E-state index contributed by atoms with van der Waals surface area (Å²) in [7, 11) is 0. The fraction of sp³-hybridized carbons (Fsp3) is 0.200. The predicted molar refractivity (Wildman–Crippen MR) is 112 cm³/mol. The third-order valence-corrected chi connectivity index (χ3v) is 5.81. The molecule has 2 aliphatic heterocycles. The smallest absolute Gasteiger partial charge is 0.123 e. The van der Waals surface area contributed by atoms with Crippen molar-refractivity contribution in [2.75, 3.05) is 19.6 Å². The Balaban J connectivity index is 1.50. The summed E-state index contributed by atoms with van der Waals surface area (Å²) in [6.45, 7) is 4.07. The molecule has 140 valence electrons. The summed E-state index contributed by atoms with van der Waals surface area (Å²) in [6, 6.07) is 24.0. The molecule has 0 amide bonds. The van der Waals surface area contributed by atoms with Crippen LogP contribution in [0, 0.1) is 11.7 Å². The van der Waals surface area contributed by atoms with Gasteiger partial charge in [-0.3, -0.25) is 4.90 Å². The van der Waals surface area contributed by atoms with E-state index in [4.69, 9.17) is 0 Å². The van der Waals surface area contributed by atoms with Crippen molar-refractivity contribution in [2.24, 2.45) is 5.92 Å². The second kappa shape index (κ2) is 7.25. The maximum absolute atomic E-state index is 13.2. The van der Waals surface area contributed by atoms with E-state index >= 15 is 0 Å². The Bertz CT molecular complexity index is 1100. The van der Waals surface area contributed by atoms with Gasteiger partial charge >= 0.3 is 0 Å². The molecule has 1 N–H and O–H groups in total. The van der Waals surface area contributed by atoms with Crippen LogP contribution in [0.1, 0.15) is 5.56 Å². The van der Waals surface area contributed by atoms with Crippen molar-refractivity contribution in [3.63, 3.8) is 0 Å².